The Kier molecular flexibility index (Phi) is 4.72. The summed E-state index contributed by atoms with van der Waals surface area (Å²) < 4.78 is 10.7. The van der Waals surface area contributed by atoms with Crippen LogP contribution in [0.1, 0.15) is 25.3 Å². The lowest BCUT2D eigenvalue weighted by molar-refractivity contribution is -0.143. The molecule has 0 bridgehead atoms. The minimum atomic E-state index is -0.346. The highest BCUT2D eigenvalue weighted by atomic mass is 16.7. The molecule has 0 aliphatic carbocycles. The molecule has 0 N–H and O–H groups in total. The van der Waals surface area contributed by atoms with Crippen molar-refractivity contribution in [3.05, 3.63) is 23.8 Å². The van der Waals surface area contributed by atoms with Crippen LogP contribution < -0.4 is 9.47 Å². The van der Waals surface area contributed by atoms with Crippen molar-refractivity contribution < 1.29 is 19.1 Å². The number of carbonyl (C=O) groups excluding carboxylic acids is 2. The van der Waals surface area contributed by atoms with Gasteiger partial charge in [0, 0.05) is 39.1 Å². The van der Waals surface area contributed by atoms with E-state index < -0.39 is 0 Å². The third-order valence-electron chi connectivity index (χ3n) is 5.53. The number of fused-ring (bicyclic) bond motifs is 1. The quantitative estimate of drug-likeness (QED) is 0.805. The number of hydrogen-bond acceptors (Lipinski definition) is 5. The monoisotopic (exact) mass is 359 g/mol. The van der Waals surface area contributed by atoms with Crippen molar-refractivity contribution in [2.24, 2.45) is 0 Å². The van der Waals surface area contributed by atoms with E-state index in [9.17, 15) is 9.59 Å². The third-order valence-corrected chi connectivity index (χ3v) is 5.53. The Balaban J connectivity index is 1.44. The van der Waals surface area contributed by atoms with E-state index in [1.54, 1.807) is 4.90 Å². The highest BCUT2D eigenvalue weighted by Gasteiger charge is 2.38. The Morgan fingerprint density at radius 3 is 2.69 bits per heavy atom. The van der Waals surface area contributed by atoms with Crippen LogP contribution in [-0.4, -0.2) is 72.1 Å². The van der Waals surface area contributed by atoms with E-state index in [0.29, 0.717) is 25.1 Å². The van der Waals surface area contributed by atoms with Crippen molar-refractivity contribution >= 4 is 11.8 Å². The number of carbonyl (C=O) groups is 2. The summed E-state index contributed by atoms with van der Waals surface area (Å²) in [6.07, 6.45) is 1.05. The van der Waals surface area contributed by atoms with Crippen molar-refractivity contribution in [2.45, 2.75) is 32.4 Å². The highest BCUT2D eigenvalue weighted by Crippen LogP contribution is 2.33. The van der Waals surface area contributed by atoms with Gasteiger partial charge in [-0.05, 0) is 30.7 Å². The zero-order valence-corrected chi connectivity index (χ0v) is 15.1. The minimum absolute atomic E-state index is 0.0493. The van der Waals surface area contributed by atoms with Crippen LogP contribution in [0.2, 0.25) is 0 Å². The maximum Gasteiger partial charge on any atom is 0.245 e. The largest absolute Gasteiger partial charge is 0.454 e. The van der Waals surface area contributed by atoms with E-state index in [1.807, 2.05) is 23.1 Å². The second kappa shape index (κ2) is 7.15. The Morgan fingerprint density at radius 1 is 1.15 bits per heavy atom. The zero-order valence-electron chi connectivity index (χ0n) is 15.1. The van der Waals surface area contributed by atoms with Crippen LogP contribution in [0.5, 0.6) is 11.5 Å². The number of benzene rings is 1. The summed E-state index contributed by atoms with van der Waals surface area (Å²) in [5.41, 5.74) is 0.957. The van der Waals surface area contributed by atoms with Crippen LogP contribution in [-0.2, 0) is 16.1 Å². The van der Waals surface area contributed by atoms with E-state index in [0.717, 1.165) is 44.0 Å². The van der Waals surface area contributed by atoms with Gasteiger partial charge in [0.1, 0.15) is 6.04 Å². The first kappa shape index (κ1) is 17.1. The van der Waals surface area contributed by atoms with Gasteiger partial charge < -0.3 is 24.2 Å². The SMILES string of the molecule is CCN1CCN(C(=O)C2CCC(=O)N2Cc2ccc3c(c2)OCO3)CC1. The maximum absolute atomic E-state index is 13.0. The van der Waals surface area contributed by atoms with Gasteiger partial charge >= 0.3 is 0 Å². The summed E-state index contributed by atoms with van der Waals surface area (Å²) in [6, 6.07) is 5.34. The van der Waals surface area contributed by atoms with Gasteiger partial charge in [-0.15, -0.1) is 0 Å². The molecular weight excluding hydrogens is 334 g/mol. The highest BCUT2D eigenvalue weighted by molar-refractivity contribution is 5.91. The smallest absolute Gasteiger partial charge is 0.245 e. The average molecular weight is 359 g/mol. The second-order valence-electron chi connectivity index (χ2n) is 7.02. The molecule has 2 saturated heterocycles. The van der Waals surface area contributed by atoms with E-state index in [-0.39, 0.29) is 24.6 Å². The number of nitrogens with zero attached hydrogens (tertiary/aromatic N) is 3. The fourth-order valence-corrected chi connectivity index (χ4v) is 3.92. The first-order valence-electron chi connectivity index (χ1n) is 9.35. The van der Waals surface area contributed by atoms with Crippen molar-refractivity contribution in [3.8, 4) is 11.5 Å². The molecule has 0 spiro atoms. The van der Waals surface area contributed by atoms with Gasteiger partial charge in [-0.3, -0.25) is 9.59 Å². The molecule has 1 aromatic rings. The van der Waals surface area contributed by atoms with Gasteiger partial charge in [-0.1, -0.05) is 13.0 Å². The lowest BCUT2D eigenvalue weighted by atomic mass is 10.1. The van der Waals surface area contributed by atoms with E-state index in [2.05, 4.69) is 11.8 Å². The normalized spacial score (nSPS) is 23.0. The fraction of sp³-hybridized carbons (Fsp3) is 0.579. The fourth-order valence-electron chi connectivity index (χ4n) is 3.92. The first-order valence-corrected chi connectivity index (χ1v) is 9.35. The molecule has 1 atom stereocenters. The number of amides is 2. The minimum Gasteiger partial charge on any atom is -0.454 e. The van der Waals surface area contributed by atoms with E-state index >= 15 is 0 Å². The summed E-state index contributed by atoms with van der Waals surface area (Å²) >= 11 is 0. The van der Waals surface area contributed by atoms with Gasteiger partial charge in [0.05, 0.1) is 0 Å². The summed E-state index contributed by atoms with van der Waals surface area (Å²) in [5.74, 6) is 1.57. The van der Waals surface area contributed by atoms with Crippen LogP contribution in [0.25, 0.3) is 0 Å². The van der Waals surface area contributed by atoms with Crippen LogP contribution in [0.3, 0.4) is 0 Å². The molecule has 1 unspecified atom stereocenters. The number of likely N-dealkylation sites (N-methyl/N-ethyl adjacent to an activating group) is 1. The van der Waals surface area contributed by atoms with Crippen LogP contribution in [0.15, 0.2) is 18.2 Å². The van der Waals surface area contributed by atoms with Crippen molar-refractivity contribution in [3.63, 3.8) is 0 Å². The molecular formula is C19H25N3O4. The topological polar surface area (TPSA) is 62.3 Å². The predicted molar refractivity (Wildman–Crippen MR) is 94.8 cm³/mol. The number of rotatable bonds is 4. The summed E-state index contributed by atoms with van der Waals surface area (Å²) in [5, 5.41) is 0. The number of hydrogen-bond donors (Lipinski definition) is 0. The third kappa shape index (κ3) is 3.23. The molecule has 7 nitrogen and oxygen atoms in total. The summed E-state index contributed by atoms with van der Waals surface area (Å²) in [6.45, 7) is 7.12. The van der Waals surface area contributed by atoms with Gasteiger partial charge in [0.2, 0.25) is 18.6 Å². The van der Waals surface area contributed by atoms with E-state index in [4.69, 9.17) is 9.47 Å². The zero-order chi connectivity index (χ0) is 18.1. The molecule has 7 heteroatoms. The van der Waals surface area contributed by atoms with Crippen molar-refractivity contribution in [1.29, 1.82) is 0 Å². The Hall–Kier alpha value is -2.28. The van der Waals surface area contributed by atoms with Crippen LogP contribution >= 0.6 is 0 Å². The van der Waals surface area contributed by atoms with Crippen molar-refractivity contribution in [1.82, 2.24) is 14.7 Å². The van der Waals surface area contributed by atoms with Crippen LogP contribution in [0, 0.1) is 0 Å². The first-order chi connectivity index (χ1) is 12.7. The van der Waals surface area contributed by atoms with Gasteiger partial charge in [0.15, 0.2) is 11.5 Å². The lowest BCUT2D eigenvalue weighted by Crippen LogP contribution is -2.53. The summed E-state index contributed by atoms with van der Waals surface area (Å²) in [7, 11) is 0. The molecule has 3 heterocycles. The molecule has 3 aliphatic rings. The summed E-state index contributed by atoms with van der Waals surface area (Å²) in [4.78, 5) is 31.4. The molecule has 2 fully saturated rings. The number of piperazine rings is 1. The van der Waals surface area contributed by atoms with Gasteiger partial charge in [0.25, 0.3) is 0 Å². The van der Waals surface area contributed by atoms with Crippen LogP contribution in [0.4, 0.5) is 0 Å². The Bertz CT molecular complexity index is 700. The lowest BCUT2D eigenvalue weighted by Gasteiger charge is -2.37. The number of ether oxygens (including phenoxy) is 2. The molecule has 0 radical (unpaired) electrons. The maximum atomic E-state index is 13.0. The molecule has 0 saturated carbocycles. The Labute approximate surface area is 153 Å². The molecule has 4 rings (SSSR count). The van der Waals surface area contributed by atoms with Gasteiger partial charge in [-0.25, -0.2) is 0 Å². The predicted octanol–water partition coefficient (Wildman–Crippen LogP) is 1.07. The van der Waals surface area contributed by atoms with E-state index in [1.165, 1.54) is 0 Å². The Morgan fingerprint density at radius 2 is 1.92 bits per heavy atom. The molecule has 2 amide bonds. The standard InChI is InChI=1S/C19H25N3O4/c1-2-20-7-9-21(10-8-20)19(24)15-4-6-18(23)22(15)12-14-3-5-16-17(11-14)26-13-25-16/h3,5,11,15H,2,4,6-10,12-13H2,1H3. The van der Waals surface area contributed by atoms with Gasteiger partial charge in [-0.2, -0.15) is 0 Å². The molecule has 3 aliphatic heterocycles. The molecule has 26 heavy (non-hydrogen) atoms. The molecule has 140 valence electrons. The molecule has 0 aromatic heterocycles. The second-order valence-corrected chi connectivity index (χ2v) is 7.02. The number of likely N-dealkylation sites (tertiary alicyclic amines) is 1. The van der Waals surface area contributed by atoms with Crippen molar-refractivity contribution in [2.75, 3.05) is 39.5 Å². The molecule has 1 aromatic carbocycles. The average Bonchev–Trinajstić information content (AvgIpc) is 3.28.